The van der Waals surface area contributed by atoms with Gasteiger partial charge in [-0.3, -0.25) is 9.59 Å². The van der Waals surface area contributed by atoms with Crippen LogP contribution in [0.3, 0.4) is 0 Å². The van der Waals surface area contributed by atoms with E-state index in [2.05, 4.69) is 26.0 Å². The molecule has 1 saturated heterocycles. The van der Waals surface area contributed by atoms with Gasteiger partial charge in [0, 0.05) is 11.8 Å². The second-order valence-corrected chi connectivity index (χ2v) is 7.25. The standard InChI is InChI=1S/C20H21NO2/c1-10(2)16-13-7-8-14(16)18-17(13)19(22)21(20(18)23)15-9-11(3)5-6-12(15)4/h5-9,13-14,17-18H,1-4H3/t13-,14-,17-,18-/m1/s1. The molecule has 3 aliphatic rings. The number of amides is 2. The highest BCUT2D eigenvalue weighted by Gasteiger charge is 2.62. The molecule has 2 fully saturated rings. The third kappa shape index (κ3) is 1.76. The predicted molar refractivity (Wildman–Crippen MR) is 89.9 cm³/mol. The normalized spacial score (nSPS) is 31.3. The lowest BCUT2D eigenvalue weighted by molar-refractivity contribution is -0.122. The van der Waals surface area contributed by atoms with Crippen molar-refractivity contribution in [3.8, 4) is 0 Å². The number of fused-ring (bicyclic) bond motifs is 5. The van der Waals surface area contributed by atoms with Gasteiger partial charge in [-0.1, -0.05) is 35.4 Å². The third-order valence-corrected chi connectivity index (χ3v) is 5.60. The van der Waals surface area contributed by atoms with Crippen molar-refractivity contribution in [2.24, 2.45) is 23.7 Å². The highest BCUT2D eigenvalue weighted by Crippen LogP contribution is 2.57. The molecule has 1 aromatic rings. The molecule has 0 radical (unpaired) electrons. The Morgan fingerprint density at radius 2 is 1.52 bits per heavy atom. The molecule has 1 aromatic carbocycles. The minimum absolute atomic E-state index is 0.0238. The first-order valence-corrected chi connectivity index (χ1v) is 8.22. The topological polar surface area (TPSA) is 37.4 Å². The van der Waals surface area contributed by atoms with Crippen LogP contribution in [0.4, 0.5) is 5.69 Å². The van der Waals surface area contributed by atoms with Gasteiger partial charge in [-0.2, -0.15) is 0 Å². The van der Waals surface area contributed by atoms with Gasteiger partial charge in [0.1, 0.15) is 0 Å². The second-order valence-electron chi connectivity index (χ2n) is 7.25. The molecule has 4 rings (SSSR count). The molecule has 23 heavy (non-hydrogen) atoms. The van der Waals surface area contributed by atoms with Gasteiger partial charge in [-0.05, 0) is 44.9 Å². The van der Waals surface area contributed by atoms with Gasteiger partial charge in [0.25, 0.3) is 0 Å². The minimum atomic E-state index is -0.206. The van der Waals surface area contributed by atoms with Crippen molar-refractivity contribution in [1.29, 1.82) is 0 Å². The minimum Gasteiger partial charge on any atom is -0.274 e. The van der Waals surface area contributed by atoms with E-state index >= 15 is 0 Å². The lowest BCUT2D eigenvalue weighted by Gasteiger charge is -2.21. The Morgan fingerprint density at radius 1 is 0.957 bits per heavy atom. The van der Waals surface area contributed by atoms with Crippen molar-refractivity contribution in [2.75, 3.05) is 4.90 Å². The number of imide groups is 1. The number of anilines is 1. The summed E-state index contributed by atoms with van der Waals surface area (Å²) in [6.07, 6.45) is 4.26. The van der Waals surface area contributed by atoms with Crippen molar-refractivity contribution in [3.05, 3.63) is 52.6 Å². The molecule has 3 heteroatoms. The Hall–Kier alpha value is -2.16. The van der Waals surface area contributed by atoms with Crippen LogP contribution < -0.4 is 4.90 Å². The molecule has 0 N–H and O–H groups in total. The molecule has 118 valence electrons. The van der Waals surface area contributed by atoms with Crippen molar-refractivity contribution in [3.63, 3.8) is 0 Å². The number of allylic oxidation sites excluding steroid dienone is 4. The molecule has 2 aliphatic carbocycles. The number of carbonyl (C=O) groups excluding carboxylic acids is 2. The van der Waals surface area contributed by atoms with E-state index in [1.165, 1.54) is 16.0 Å². The van der Waals surface area contributed by atoms with Gasteiger partial charge in [-0.25, -0.2) is 4.90 Å². The van der Waals surface area contributed by atoms with Crippen LogP contribution in [0.1, 0.15) is 25.0 Å². The van der Waals surface area contributed by atoms with Crippen LogP contribution in [-0.4, -0.2) is 11.8 Å². The van der Waals surface area contributed by atoms with Crippen LogP contribution >= 0.6 is 0 Å². The first-order valence-electron chi connectivity index (χ1n) is 8.22. The second kappa shape index (κ2) is 4.67. The fourth-order valence-corrected chi connectivity index (χ4v) is 4.63. The number of nitrogens with zero attached hydrogens (tertiary/aromatic N) is 1. The summed E-state index contributed by atoms with van der Waals surface area (Å²) in [5, 5.41) is 0. The summed E-state index contributed by atoms with van der Waals surface area (Å²) in [4.78, 5) is 27.6. The summed E-state index contributed by atoms with van der Waals surface area (Å²) in [5.74, 6) is -0.235. The van der Waals surface area contributed by atoms with Crippen LogP contribution in [-0.2, 0) is 9.59 Å². The van der Waals surface area contributed by atoms with E-state index in [-0.39, 0.29) is 35.5 Å². The summed E-state index contributed by atoms with van der Waals surface area (Å²) >= 11 is 0. The van der Waals surface area contributed by atoms with Gasteiger partial charge in [0.2, 0.25) is 11.8 Å². The van der Waals surface area contributed by atoms with Gasteiger partial charge in [0.15, 0.2) is 0 Å². The van der Waals surface area contributed by atoms with Gasteiger partial charge < -0.3 is 0 Å². The van der Waals surface area contributed by atoms with E-state index in [0.29, 0.717) is 0 Å². The van der Waals surface area contributed by atoms with Crippen LogP contribution in [0.5, 0.6) is 0 Å². The van der Waals surface area contributed by atoms with Crippen LogP contribution in [0.25, 0.3) is 0 Å². The van der Waals surface area contributed by atoms with Crippen molar-refractivity contribution in [2.45, 2.75) is 27.7 Å². The summed E-state index contributed by atoms with van der Waals surface area (Å²) in [5.41, 5.74) is 5.34. The maximum Gasteiger partial charge on any atom is 0.238 e. The molecule has 0 spiro atoms. The van der Waals surface area contributed by atoms with E-state index in [4.69, 9.17) is 0 Å². The number of hydrogen-bond donors (Lipinski definition) is 0. The van der Waals surface area contributed by atoms with E-state index in [9.17, 15) is 9.59 Å². The molecule has 2 bridgehead atoms. The monoisotopic (exact) mass is 307 g/mol. The van der Waals surface area contributed by atoms with Crippen molar-refractivity contribution >= 4 is 17.5 Å². The van der Waals surface area contributed by atoms with Crippen LogP contribution in [0.2, 0.25) is 0 Å². The number of benzene rings is 1. The maximum atomic E-state index is 13.1. The Morgan fingerprint density at radius 3 is 2.04 bits per heavy atom. The Bertz CT molecular complexity index is 764. The van der Waals surface area contributed by atoms with E-state index in [1.54, 1.807) is 0 Å². The summed E-state index contributed by atoms with van der Waals surface area (Å²) in [7, 11) is 0. The number of rotatable bonds is 1. The molecule has 3 nitrogen and oxygen atoms in total. The predicted octanol–water partition coefficient (Wildman–Crippen LogP) is 3.56. The zero-order chi connectivity index (χ0) is 16.5. The van der Waals surface area contributed by atoms with Crippen LogP contribution in [0.15, 0.2) is 41.5 Å². The SMILES string of the molecule is CC(C)=C1[C@H]2C=C[C@H]1[C@H]1C(=O)N(c3cc(C)ccc3C)C(=O)[C@@H]12. The van der Waals surface area contributed by atoms with Crippen molar-refractivity contribution < 1.29 is 9.59 Å². The van der Waals surface area contributed by atoms with Crippen LogP contribution in [0, 0.1) is 37.5 Å². The zero-order valence-corrected chi connectivity index (χ0v) is 14.0. The van der Waals surface area contributed by atoms with Crippen molar-refractivity contribution in [1.82, 2.24) is 0 Å². The fourth-order valence-electron chi connectivity index (χ4n) is 4.63. The first kappa shape index (κ1) is 14.4. The molecule has 0 unspecified atom stereocenters. The zero-order valence-electron chi connectivity index (χ0n) is 14.0. The maximum absolute atomic E-state index is 13.1. The van der Waals surface area contributed by atoms with Gasteiger partial charge in [-0.15, -0.1) is 0 Å². The number of carbonyl (C=O) groups is 2. The number of aryl methyl sites for hydroxylation is 2. The summed E-state index contributed by atoms with van der Waals surface area (Å²) < 4.78 is 0. The Kier molecular flexibility index (Phi) is 2.93. The summed E-state index contributed by atoms with van der Waals surface area (Å²) in [6, 6.07) is 5.94. The lowest BCUT2D eigenvalue weighted by Crippen LogP contribution is -2.33. The van der Waals surface area contributed by atoms with E-state index < -0.39 is 0 Å². The quantitative estimate of drug-likeness (QED) is 0.587. The fraction of sp³-hybridized carbons (Fsp3) is 0.400. The highest BCUT2D eigenvalue weighted by molar-refractivity contribution is 6.23. The average Bonchev–Trinajstić information content (AvgIpc) is 3.13. The smallest absolute Gasteiger partial charge is 0.238 e. The molecule has 0 aromatic heterocycles. The Balaban J connectivity index is 1.80. The highest BCUT2D eigenvalue weighted by atomic mass is 16.2. The average molecular weight is 307 g/mol. The molecule has 2 amide bonds. The molecular formula is C20H21NO2. The van der Waals surface area contributed by atoms with Gasteiger partial charge >= 0.3 is 0 Å². The molecule has 1 heterocycles. The van der Waals surface area contributed by atoms with E-state index in [1.807, 2.05) is 32.0 Å². The number of hydrogen-bond acceptors (Lipinski definition) is 2. The third-order valence-electron chi connectivity index (χ3n) is 5.60. The molecule has 1 aliphatic heterocycles. The first-order chi connectivity index (χ1) is 10.9. The molecule has 1 saturated carbocycles. The van der Waals surface area contributed by atoms with Gasteiger partial charge in [0.05, 0.1) is 17.5 Å². The Labute approximate surface area is 136 Å². The van der Waals surface area contributed by atoms with E-state index in [0.717, 1.165) is 16.8 Å². The summed E-state index contributed by atoms with van der Waals surface area (Å²) in [6.45, 7) is 8.11. The molecular weight excluding hydrogens is 286 g/mol. The lowest BCUT2D eigenvalue weighted by atomic mass is 9.85. The largest absolute Gasteiger partial charge is 0.274 e. The molecule has 4 atom stereocenters.